The average molecular weight is 335 g/mol. The van der Waals surface area contributed by atoms with Crippen LogP contribution in [0.2, 0.25) is 0 Å². The molecule has 2 aromatic heterocycles. The van der Waals surface area contributed by atoms with Gasteiger partial charge in [0.1, 0.15) is 11.9 Å². The van der Waals surface area contributed by atoms with Gasteiger partial charge >= 0.3 is 0 Å². The number of aromatic nitrogens is 3. The number of amides is 1. The maximum absolute atomic E-state index is 13.3. The van der Waals surface area contributed by atoms with E-state index in [-0.39, 0.29) is 5.56 Å². The Balaban J connectivity index is 1.79. The maximum atomic E-state index is 13.3. The highest BCUT2D eigenvalue weighted by molar-refractivity contribution is 6.04. The molecule has 0 fully saturated rings. The minimum atomic E-state index is -0.628. The second-order valence-electron chi connectivity index (χ2n) is 5.50. The van der Waals surface area contributed by atoms with Crippen LogP contribution in [0.5, 0.6) is 0 Å². The highest BCUT2D eigenvalue weighted by Crippen LogP contribution is 2.16. The Morgan fingerprint density at radius 1 is 1.24 bits per heavy atom. The number of benzene rings is 1. The van der Waals surface area contributed by atoms with E-state index in [1.165, 1.54) is 18.3 Å². The van der Waals surface area contributed by atoms with E-state index in [0.29, 0.717) is 17.1 Å². The maximum Gasteiger partial charge on any atom is 0.257 e. The highest BCUT2D eigenvalue weighted by atomic mass is 19.1. The Kier molecular flexibility index (Phi) is 4.27. The summed E-state index contributed by atoms with van der Waals surface area (Å²) in [6.45, 7) is 3.81. The summed E-state index contributed by atoms with van der Waals surface area (Å²) in [5, 5.41) is 15.8. The first-order chi connectivity index (χ1) is 12.0. The van der Waals surface area contributed by atoms with E-state index >= 15 is 0 Å². The molecule has 0 aliphatic carbocycles. The number of nitriles is 1. The number of nitrogens with one attached hydrogen (secondary N) is 1. The van der Waals surface area contributed by atoms with Gasteiger partial charge in [-0.15, -0.1) is 0 Å². The molecular formula is C18H14FN5O. The minimum absolute atomic E-state index is 0.129. The molecule has 0 atom stereocenters. The summed E-state index contributed by atoms with van der Waals surface area (Å²) >= 11 is 0. The quantitative estimate of drug-likeness (QED) is 0.797. The standard InChI is InChI=1S/C18H14FN5O/c1-11-7-12(2)24(23-11)17-6-3-13(10-21-17)18(25)22-15-4-5-16(19)14(8-15)9-20/h3-8,10H,1-2H3,(H,22,25). The van der Waals surface area contributed by atoms with Gasteiger partial charge in [-0.1, -0.05) is 0 Å². The van der Waals surface area contributed by atoms with Crippen LogP contribution in [-0.2, 0) is 0 Å². The number of hydrogen-bond donors (Lipinski definition) is 1. The lowest BCUT2D eigenvalue weighted by atomic mass is 10.2. The Morgan fingerprint density at radius 2 is 2.04 bits per heavy atom. The van der Waals surface area contributed by atoms with Gasteiger partial charge in [-0.3, -0.25) is 4.79 Å². The fraction of sp³-hybridized carbons (Fsp3) is 0.111. The number of halogens is 1. The molecule has 25 heavy (non-hydrogen) atoms. The Bertz CT molecular complexity index is 986. The topological polar surface area (TPSA) is 83.6 Å². The zero-order chi connectivity index (χ0) is 18.0. The normalized spacial score (nSPS) is 10.3. The molecule has 0 radical (unpaired) electrons. The van der Waals surface area contributed by atoms with Crippen molar-refractivity contribution in [2.45, 2.75) is 13.8 Å². The average Bonchev–Trinajstić information content (AvgIpc) is 2.95. The first-order valence-corrected chi connectivity index (χ1v) is 7.48. The molecule has 1 N–H and O–H groups in total. The molecule has 0 bridgehead atoms. The van der Waals surface area contributed by atoms with E-state index in [1.54, 1.807) is 22.9 Å². The van der Waals surface area contributed by atoms with Gasteiger partial charge in [0.2, 0.25) is 0 Å². The van der Waals surface area contributed by atoms with E-state index in [2.05, 4.69) is 15.4 Å². The summed E-state index contributed by atoms with van der Waals surface area (Å²) in [5.41, 5.74) is 2.37. The van der Waals surface area contributed by atoms with Crippen LogP contribution >= 0.6 is 0 Å². The van der Waals surface area contributed by atoms with E-state index in [4.69, 9.17) is 5.26 Å². The number of carbonyl (C=O) groups excluding carboxylic acids is 1. The molecule has 2 heterocycles. The first kappa shape index (κ1) is 16.3. The molecule has 1 amide bonds. The molecule has 0 aliphatic rings. The number of carbonyl (C=O) groups is 1. The Morgan fingerprint density at radius 3 is 2.64 bits per heavy atom. The van der Waals surface area contributed by atoms with E-state index in [0.717, 1.165) is 17.5 Å². The smallest absolute Gasteiger partial charge is 0.257 e. The summed E-state index contributed by atoms with van der Waals surface area (Å²) in [5.74, 6) is -0.421. The number of aryl methyl sites for hydroxylation is 2. The van der Waals surface area contributed by atoms with Crippen molar-refractivity contribution in [3.8, 4) is 11.9 Å². The van der Waals surface area contributed by atoms with Crippen molar-refractivity contribution in [2.24, 2.45) is 0 Å². The lowest BCUT2D eigenvalue weighted by Gasteiger charge is -2.07. The lowest BCUT2D eigenvalue weighted by molar-refractivity contribution is 0.102. The summed E-state index contributed by atoms with van der Waals surface area (Å²) in [7, 11) is 0. The minimum Gasteiger partial charge on any atom is -0.322 e. The molecule has 7 heteroatoms. The number of pyridine rings is 1. The highest BCUT2D eigenvalue weighted by Gasteiger charge is 2.10. The predicted octanol–water partition coefficient (Wildman–Crippen LogP) is 3.15. The predicted molar refractivity (Wildman–Crippen MR) is 89.9 cm³/mol. The van der Waals surface area contributed by atoms with Crippen molar-refractivity contribution in [3.05, 3.63) is 70.9 Å². The first-order valence-electron chi connectivity index (χ1n) is 7.48. The van der Waals surface area contributed by atoms with Gasteiger partial charge < -0.3 is 5.32 Å². The van der Waals surface area contributed by atoms with Crippen LogP contribution in [0.15, 0.2) is 42.6 Å². The molecule has 1 aromatic carbocycles. The zero-order valence-electron chi connectivity index (χ0n) is 13.6. The summed E-state index contributed by atoms with van der Waals surface area (Å²) in [4.78, 5) is 16.5. The monoisotopic (exact) mass is 335 g/mol. The van der Waals surface area contributed by atoms with Gasteiger partial charge in [0.25, 0.3) is 5.91 Å². The molecule has 0 unspecified atom stereocenters. The van der Waals surface area contributed by atoms with E-state index in [9.17, 15) is 9.18 Å². The molecule has 0 aliphatic heterocycles. The molecule has 0 saturated carbocycles. The number of hydrogen-bond acceptors (Lipinski definition) is 4. The third kappa shape index (κ3) is 3.38. The molecule has 0 spiro atoms. The van der Waals surface area contributed by atoms with Crippen molar-refractivity contribution < 1.29 is 9.18 Å². The van der Waals surface area contributed by atoms with Crippen LogP contribution in [0.3, 0.4) is 0 Å². The van der Waals surface area contributed by atoms with Crippen LogP contribution in [0.25, 0.3) is 5.82 Å². The molecular weight excluding hydrogens is 321 g/mol. The van der Waals surface area contributed by atoms with Crippen LogP contribution in [-0.4, -0.2) is 20.7 Å². The van der Waals surface area contributed by atoms with Crippen LogP contribution < -0.4 is 5.32 Å². The van der Waals surface area contributed by atoms with Gasteiger partial charge in [0, 0.05) is 17.6 Å². The van der Waals surface area contributed by atoms with Gasteiger partial charge in [-0.2, -0.15) is 10.4 Å². The zero-order valence-corrected chi connectivity index (χ0v) is 13.6. The Labute approximate surface area is 143 Å². The van der Waals surface area contributed by atoms with Crippen molar-refractivity contribution in [3.63, 3.8) is 0 Å². The number of nitrogens with zero attached hydrogens (tertiary/aromatic N) is 4. The van der Waals surface area contributed by atoms with Crippen LogP contribution in [0, 0.1) is 31.0 Å². The van der Waals surface area contributed by atoms with Gasteiger partial charge in [-0.25, -0.2) is 14.1 Å². The largest absolute Gasteiger partial charge is 0.322 e. The van der Waals surface area contributed by atoms with Gasteiger partial charge in [-0.05, 0) is 50.2 Å². The molecule has 0 saturated heterocycles. The van der Waals surface area contributed by atoms with Crippen molar-refractivity contribution in [1.29, 1.82) is 5.26 Å². The van der Waals surface area contributed by atoms with E-state index in [1.807, 2.05) is 19.9 Å². The number of anilines is 1. The summed E-state index contributed by atoms with van der Waals surface area (Å²) in [6.07, 6.45) is 1.44. The summed E-state index contributed by atoms with van der Waals surface area (Å²) < 4.78 is 15.0. The second kappa shape index (κ2) is 6.53. The fourth-order valence-electron chi connectivity index (χ4n) is 2.40. The molecule has 6 nitrogen and oxygen atoms in total. The van der Waals surface area contributed by atoms with Crippen molar-refractivity contribution in [1.82, 2.24) is 14.8 Å². The van der Waals surface area contributed by atoms with Gasteiger partial charge in [0.15, 0.2) is 5.82 Å². The molecule has 124 valence electrons. The second-order valence-corrected chi connectivity index (χ2v) is 5.50. The van der Waals surface area contributed by atoms with Crippen LogP contribution in [0.4, 0.5) is 10.1 Å². The Hall–Kier alpha value is -3.53. The lowest BCUT2D eigenvalue weighted by Crippen LogP contribution is -2.13. The number of rotatable bonds is 3. The van der Waals surface area contributed by atoms with E-state index < -0.39 is 11.7 Å². The van der Waals surface area contributed by atoms with Crippen LogP contribution in [0.1, 0.15) is 27.3 Å². The SMILES string of the molecule is Cc1cc(C)n(-c2ccc(C(=O)Nc3ccc(F)c(C#N)c3)cn2)n1. The third-order valence-corrected chi connectivity index (χ3v) is 3.58. The fourth-order valence-corrected chi connectivity index (χ4v) is 2.40. The molecule has 3 aromatic rings. The van der Waals surface area contributed by atoms with Gasteiger partial charge in [0.05, 0.1) is 16.8 Å². The molecule has 3 rings (SSSR count). The van der Waals surface area contributed by atoms with Crippen molar-refractivity contribution >= 4 is 11.6 Å². The summed E-state index contributed by atoms with van der Waals surface area (Å²) in [6, 6.07) is 10.8. The van der Waals surface area contributed by atoms with Crippen molar-refractivity contribution in [2.75, 3.05) is 5.32 Å². The third-order valence-electron chi connectivity index (χ3n) is 3.58.